The maximum absolute atomic E-state index is 14.4. The largest absolute Gasteiger partial charge is 0.416 e. The van der Waals surface area contributed by atoms with Gasteiger partial charge in [0.15, 0.2) is 5.69 Å². The van der Waals surface area contributed by atoms with Crippen LogP contribution in [0.3, 0.4) is 0 Å². The summed E-state index contributed by atoms with van der Waals surface area (Å²) in [4.78, 5) is 45.1. The number of fused-ring (bicyclic) bond motifs is 1. The van der Waals surface area contributed by atoms with Crippen molar-refractivity contribution in [3.05, 3.63) is 82.3 Å². The summed E-state index contributed by atoms with van der Waals surface area (Å²) in [5.74, 6) is -2.71. The van der Waals surface area contributed by atoms with E-state index >= 15 is 0 Å². The molecule has 1 aromatic heterocycles. The number of nitrogens with one attached hydrogen (secondary N) is 1. The highest BCUT2D eigenvalue weighted by Gasteiger charge is 2.49. The number of hydrogen-bond acceptors (Lipinski definition) is 7. The van der Waals surface area contributed by atoms with Gasteiger partial charge in [-0.05, 0) is 55.7 Å². The van der Waals surface area contributed by atoms with Gasteiger partial charge >= 0.3 is 6.18 Å². The minimum Gasteiger partial charge on any atom is -0.381 e. The molecule has 3 aliphatic rings. The van der Waals surface area contributed by atoms with E-state index in [0.717, 1.165) is 12.1 Å². The molecule has 3 aliphatic heterocycles. The van der Waals surface area contributed by atoms with Gasteiger partial charge in [0.25, 0.3) is 17.7 Å². The van der Waals surface area contributed by atoms with E-state index in [9.17, 15) is 37.2 Å². The number of halogens is 4. The van der Waals surface area contributed by atoms with E-state index in [4.69, 9.17) is 9.84 Å². The number of alkyl halides is 3. The summed E-state index contributed by atoms with van der Waals surface area (Å²) >= 11 is 1.41. The van der Waals surface area contributed by atoms with Gasteiger partial charge in [0.05, 0.1) is 23.6 Å². The van der Waals surface area contributed by atoms with E-state index in [1.54, 1.807) is 11.6 Å². The smallest absolute Gasteiger partial charge is 0.381 e. The van der Waals surface area contributed by atoms with Crippen molar-refractivity contribution in [3.8, 4) is 6.07 Å². The van der Waals surface area contributed by atoms with Crippen LogP contribution in [0.5, 0.6) is 0 Å². The number of anilines is 1. The maximum Gasteiger partial charge on any atom is 0.416 e. The van der Waals surface area contributed by atoms with Crippen LogP contribution in [0, 0.1) is 17.1 Å². The molecule has 2 aromatic carbocycles. The van der Waals surface area contributed by atoms with Crippen LogP contribution in [-0.4, -0.2) is 75.9 Å². The molecule has 10 nitrogen and oxygen atoms in total. The van der Waals surface area contributed by atoms with Crippen LogP contribution in [-0.2, 0) is 15.7 Å². The number of nitrogens with zero attached hydrogens (tertiary/aromatic N) is 5. The molecule has 3 aromatic rings. The molecule has 3 atom stereocenters. The number of thioether (sulfide) groups is 1. The second kappa shape index (κ2) is 13.0. The van der Waals surface area contributed by atoms with Crippen molar-refractivity contribution in [2.24, 2.45) is 0 Å². The van der Waals surface area contributed by atoms with Gasteiger partial charge in [0.2, 0.25) is 0 Å². The molecule has 3 amide bonds. The monoisotopic (exact) mass is 670 g/mol. The minimum absolute atomic E-state index is 0.0205. The van der Waals surface area contributed by atoms with E-state index in [2.05, 4.69) is 11.4 Å². The van der Waals surface area contributed by atoms with Crippen LogP contribution < -0.4 is 10.2 Å². The molecule has 4 heterocycles. The van der Waals surface area contributed by atoms with Gasteiger partial charge in [-0.3, -0.25) is 19.3 Å². The number of ether oxygens (including phenoxy) is 1. The van der Waals surface area contributed by atoms with Gasteiger partial charge in [-0.25, -0.2) is 9.07 Å². The SMILES string of the molecule is CCN1C(=O)[C@@H](NC(=O)c2cccc(C(F)(F)F)c2)[C@@H](c2ccc(F)cc2)c2c(C(=O)N3CSC[C@H]3C#N)nn(C3CCOCC3)c21. The van der Waals surface area contributed by atoms with Gasteiger partial charge < -0.3 is 15.0 Å². The van der Waals surface area contributed by atoms with Crippen LogP contribution in [0.15, 0.2) is 48.5 Å². The third kappa shape index (κ3) is 6.07. The van der Waals surface area contributed by atoms with Gasteiger partial charge in [-0.1, -0.05) is 18.2 Å². The number of rotatable bonds is 6. The number of hydrogen-bond donors (Lipinski definition) is 1. The Kier molecular flexibility index (Phi) is 8.99. The van der Waals surface area contributed by atoms with E-state index < -0.39 is 53.3 Å². The van der Waals surface area contributed by atoms with Crippen molar-refractivity contribution in [2.45, 2.75) is 50.0 Å². The predicted octanol–water partition coefficient (Wildman–Crippen LogP) is 4.73. The summed E-state index contributed by atoms with van der Waals surface area (Å²) < 4.78 is 61.9. The normalized spacial score (nSPS) is 21.8. The average Bonchev–Trinajstić information content (AvgIpc) is 3.71. The van der Waals surface area contributed by atoms with E-state index in [1.807, 2.05) is 0 Å². The lowest BCUT2D eigenvalue weighted by molar-refractivity contribution is -0.137. The molecule has 0 saturated carbocycles. The maximum atomic E-state index is 14.4. The van der Waals surface area contributed by atoms with Crippen molar-refractivity contribution in [2.75, 3.05) is 36.3 Å². The molecule has 246 valence electrons. The molecule has 0 radical (unpaired) electrons. The van der Waals surface area contributed by atoms with Crippen LogP contribution in [0.4, 0.5) is 23.4 Å². The zero-order valence-electron chi connectivity index (χ0n) is 25.2. The first-order valence-electron chi connectivity index (χ1n) is 15.1. The molecule has 2 saturated heterocycles. The Morgan fingerprint density at radius 2 is 1.87 bits per heavy atom. The highest BCUT2D eigenvalue weighted by atomic mass is 32.2. The van der Waals surface area contributed by atoms with Crippen LogP contribution in [0.2, 0.25) is 0 Å². The summed E-state index contributed by atoms with van der Waals surface area (Å²) in [5, 5.41) is 17.2. The van der Waals surface area contributed by atoms with Crippen molar-refractivity contribution in [1.29, 1.82) is 5.26 Å². The zero-order chi connectivity index (χ0) is 33.5. The van der Waals surface area contributed by atoms with Crippen molar-refractivity contribution in [3.63, 3.8) is 0 Å². The number of carbonyl (C=O) groups excluding carboxylic acids is 3. The number of benzene rings is 2. The van der Waals surface area contributed by atoms with Crippen molar-refractivity contribution in [1.82, 2.24) is 20.0 Å². The number of nitriles is 1. The number of likely N-dealkylation sites (N-methyl/N-ethyl adjacent to an activating group) is 1. The number of amides is 3. The molecule has 1 N–H and O–H groups in total. The molecule has 0 spiro atoms. The first-order valence-corrected chi connectivity index (χ1v) is 16.2. The second-order valence-corrected chi connectivity index (χ2v) is 12.4. The average molecular weight is 671 g/mol. The van der Waals surface area contributed by atoms with E-state index in [1.165, 1.54) is 51.9 Å². The Bertz CT molecular complexity index is 1730. The molecule has 47 heavy (non-hydrogen) atoms. The fourth-order valence-electron chi connectivity index (χ4n) is 6.34. The Hall–Kier alpha value is -4.42. The van der Waals surface area contributed by atoms with Crippen molar-refractivity contribution < 1.29 is 36.7 Å². The predicted molar refractivity (Wildman–Crippen MR) is 163 cm³/mol. The molecule has 6 rings (SSSR count). The van der Waals surface area contributed by atoms with Crippen molar-refractivity contribution >= 4 is 35.3 Å². The Balaban J connectivity index is 1.54. The molecule has 0 bridgehead atoms. The van der Waals surface area contributed by atoms with E-state index in [-0.39, 0.29) is 29.7 Å². The zero-order valence-corrected chi connectivity index (χ0v) is 26.0. The fourth-order valence-corrected chi connectivity index (χ4v) is 7.42. The lowest BCUT2D eigenvalue weighted by Gasteiger charge is -2.39. The lowest BCUT2D eigenvalue weighted by Crippen LogP contribution is -2.56. The lowest BCUT2D eigenvalue weighted by atomic mass is 9.80. The number of aromatic nitrogens is 2. The third-order valence-electron chi connectivity index (χ3n) is 8.67. The quantitative estimate of drug-likeness (QED) is 0.377. The van der Waals surface area contributed by atoms with E-state index in [0.29, 0.717) is 54.8 Å². The summed E-state index contributed by atoms with van der Waals surface area (Å²) in [7, 11) is 0. The molecular formula is C32H30F4N6O4S. The Labute approximate surface area is 271 Å². The van der Waals surface area contributed by atoms with Gasteiger partial charge in [0, 0.05) is 42.6 Å². The molecule has 0 unspecified atom stereocenters. The van der Waals surface area contributed by atoms with Crippen LogP contribution >= 0.6 is 11.8 Å². The first-order chi connectivity index (χ1) is 22.5. The summed E-state index contributed by atoms with van der Waals surface area (Å²) in [6, 6.07) is 8.86. The van der Waals surface area contributed by atoms with Gasteiger partial charge in [-0.2, -0.15) is 23.5 Å². The molecule has 0 aliphatic carbocycles. The third-order valence-corrected chi connectivity index (χ3v) is 9.68. The standard InChI is InChI=1S/C32H30F4N6O4S/c1-2-40-29-25(27(31(45)41-17-47-16-23(41)15-37)39-42(29)22-10-12-46-13-11-22)24(18-6-8-21(33)9-7-18)26(30(40)44)38-28(43)19-4-3-5-20(14-19)32(34,35)36/h3-9,14,22-24,26H,2,10-13,16-17H2,1H3,(H,38,43)/t23-,24+,26+/m1/s1. The second-order valence-electron chi connectivity index (χ2n) is 11.4. The Morgan fingerprint density at radius 1 is 1.15 bits per heavy atom. The first kappa shape index (κ1) is 32.5. The van der Waals surface area contributed by atoms with Crippen LogP contribution in [0.1, 0.15) is 69.3 Å². The topological polar surface area (TPSA) is 121 Å². The fraction of sp³-hybridized carbons (Fsp3) is 0.406. The molecule has 15 heteroatoms. The Morgan fingerprint density at radius 3 is 2.53 bits per heavy atom. The van der Waals surface area contributed by atoms with Gasteiger partial charge in [0.1, 0.15) is 23.7 Å². The highest BCUT2D eigenvalue weighted by molar-refractivity contribution is 7.99. The number of carbonyl (C=O) groups is 3. The highest BCUT2D eigenvalue weighted by Crippen LogP contribution is 2.45. The summed E-state index contributed by atoms with van der Waals surface area (Å²) in [5.41, 5.74) is -0.696. The summed E-state index contributed by atoms with van der Waals surface area (Å²) in [6.45, 7) is 2.69. The minimum atomic E-state index is -4.70. The molecular weight excluding hydrogens is 640 g/mol. The summed E-state index contributed by atoms with van der Waals surface area (Å²) in [6.07, 6.45) is -3.61. The van der Waals surface area contributed by atoms with Gasteiger partial charge in [-0.15, -0.1) is 11.8 Å². The molecule has 2 fully saturated rings. The van der Waals surface area contributed by atoms with Crippen LogP contribution in [0.25, 0.3) is 0 Å².